The predicted octanol–water partition coefficient (Wildman–Crippen LogP) is 3.69. The predicted molar refractivity (Wildman–Crippen MR) is 78.7 cm³/mol. The van der Waals surface area contributed by atoms with E-state index >= 15 is 0 Å². The summed E-state index contributed by atoms with van der Waals surface area (Å²) in [4.78, 5) is 16.1. The van der Waals surface area contributed by atoms with Crippen LogP contribution in [-0.2, 0) is 0 Å². The van der Waals surface area contributed by atoms with Crippen LogP contribution in [0, 0.1) is 0 Å². The Kier molecular flexibility index (Phi) is 4.27. The topological polar surface area (TPSA) is 68.0 Å². The summed E-state index contributed by atoms with van der Waals surface area (Å²) in [6, 6.07) is 11.3. The number of carbonyl (C=O) groups excluding carboxylic acids is 1. The van der Waals surface area contributed by atoms with Crippen molar-refractivity contribution in [3.63, 3.8) is 0 Å². The molecule has 2 heterocycles. The van der Waals surface area contributed by atoms with Crippen LogP contribution in [0.3, 0.4) is 0 Å². The first kappa shape index (κ1) is 14.0. The summed E-state index contributed by atoms with van der Waals surface area (Å²) in [6.45, 7) is 0. The summed E-state index contributed by atoms with van der Waals surface area (Å²) >= 11 is 1.36. The van der Waals surface area contributed by atoms with Gasteiger partial charge in [-0.3, -0.25) is 10.1 Å². The van der Waals surface area contributed by atoms with Crippen molar-refractivity contribution in [1.29, 1.82) is 0 Å². The zero-order valence-corrected chi connectivity index (χ0v) is 10.6. The Hall–Kier alpha value is -2.47. The highest BCUT2D eigenvalue weighted by atomic mass is 32.1. The molecular weight excluding hydrogens is 274 g/mol. The van der Waals surface area contributed by atoms with Crippen LogP contribution < -0.4 is 5.32 Å². The Morgan fingerprint density at radius 1 is 1.20 bits per heavy atom. The van der Waals surface area contributed by atoms with Gasteiger partial charge in [-0.25, -0.2) is 4.98 Å². The molecule has 102 valence electrons. The van der Waals surface area contributed by atoms with Gasteiger partial charge in [0, 0.05) is 17.0 Å². The van der Waals surface area contributed by atoms with Gasteiger partial charge in [-0.2, -0.15) is 0 Å². The number of aromatic nitrogens is 2. The van der Waals surface area contributed by atoms with E-state index in [0.717, 1.165) is 11.3 Å². The molecule has 0 unspecified atom stereocenters. The van der Waals surface area contributed by atoms with E-state index in [1.807, 2.05) is 35.7 Å². The zero-order chi connectivity index (χ0) is 13.1. The first-order valence-electron chi connectivity index (χ1n) is 5.56. The molecule has 5 nitrogen and oxygen atoms in total. The van der Waals surface area contributed by atoms with Gasteiger partial charge in [0.25, 0.3) is 5.91 Å². The molecule has 6 heteroatoms. The number of anilines is 1. The second-order valence-corrected chi connectivity index (χ2v) is 4.59. The molecule has 3 aromatic rings. The van der Waals surface area contributed by atoms with E-state index in [4.69, 9.17) is 4.52 Å². The lowest BCUT2D eigenvalue weighted by atomic mass is 10.2. The minimum Gasteiger partial charge on any atom is -0.351 e. The monoisotopic (exact) mass is 287 g/mol. The van der Waals surface area contributed by atoms with Crippen molar-refractivity contribution in [3.05, 3.63) is 53.7 Å². The molecule has 2 aromatic heterocycles. The van der Waals surface area contributed by atoms with Crippen LogP contribution in [-0.4, -0.2) is 16.0 Å². The van der Waals surface area contributed by atoms with Crippen LogP contribution in [0.15, 0.2) is 52.5 Å². The van der Waals surface area contributed by atoms with Crippen LogP contribution in [0.25, 0.3) is 11.3 Å². The number of nitrogens with zero attached hydrogens (tertiary/aromatic N) is 2. The van der Waals surface area contributed by atoms with E-state index in [1.54, 1.807) is 0 Å². The SMILES string of the molecule is C.O=C(Nc1nc(-c2ccccc2)cs1)c1ccno1. The minimum atomic E-state index is -0.355. The largest absolute Gasteiger partial charge is 0.351 e. The normalized spacial score (nSPS) is 9.80. The van der Waals surface area contributed by atoms with Crippen molar-refractivity contribution in [2.24, 2.45) is 0 Å². The second-order valence-electron chi connectivity index (χ2n) is 3.73. The van der Waals surface area contributed by atoms with Gasteiger partial charge in [-0.15, -0.1) is 11.3 Å². The first-order valence-corrected chi connectivity index (χ1v) is 6.44. The van der Waals surface area contributed by atoms with Gasteiger partial charge in [-0.05, 0) is 0 Å². The van der Waals surface area contributed by atoms with Crippen molar-refractivity contribution in [2.75, 3.05) is 5.32 Å². The Morgan fingerprint density at radius 2 is 2.00 bits per heavy atom. The van der Waals surface area contributed by atoms with Gasteiger partial charge < -0.3 is 4.52 Å². The average molecular weight is 287 g/mol. The highest BCUT2D eigenvalue weighted by Crippen LogP contribution is 2.24. The number of nitrogens with one attached hydrogen (secondary N) is 1. The van der Waals surface area contributed by atoms with Crippen molar-refractivity contribution < 1.29 is 9.32 Å². The lowest BCUT2D eigenvalue weighted by molar-refractivity contribution is 0.0988. The molecule has 20 heavy (non-hydrogen) atoms. The summed E-state index contributed by atoms with van der Waals surface area (Å²) in [5, 5.41) is 8.58. The molecule has 0 aliphatic heterocycles. The zero-order valence-electron chi connectivity index (χ0n) is 9.74. The van der Waals surface area contributed by atoms with E-state index in [2.05, 4.69) is 15.5 Å². The number of benzene rings is 1. The summed E-state index contributed by atoms with van der Waals surface area (Å²) in [5.74, 6) is -0.192. The fourth-order valence-corrected chi connectivity index (χ4v) is 2.28. The standard InChI is InChI=1S/C13H9N3O2S.CH4/c17-12(11-6-7-14-18-11)16-13-15-10(8-19-13)9-4-2-1-3-5-9;/h1-8H,(H,15,16,17);1H4. The molecule has 1 amide bonds. The highest BCUT2D eigenvalue weighted by molar-refractivity contribution is 7.14. The van der Waals surface area contributed by atoms with Gasteiger partial charge in [0.15, 0.2) is 5.13 Å². The highest BCUT2D eigenvalue weighted by Gasteiger charge is 2.12. The maximum atomic E-state index is 11.7. The fourth-order valence-electron chi connectivity index (χ4n) is 1.56. The van der Waals surface area contributed by atoms with E-state index in [0.29, 0.717) is 5.13 Å². The minimum absolute atomic E-state index is 0. The summed E-state index contributed by atoms with van der Waals surface area (Å²) in [7, 11) is 0. The lowest BCUT2D eigenvalue weighted by Crippen LogP contribution is -2.10. The quantitative estimate of drug-likeness (QED) is 0.797. The Bertz CT molecular complexity index is 678. The molecule has 0 fully saturated rings. The maximum Gasteiger partial charge on any atom is 0.296 e. The maximum absolute atomic E-state index is 11.7. The van der Waals surface area contributed by atoms with Crippen LogP contribution in [0.1, 0.15) is 18.0 Å². The second kappa shape index (κ2) is 6.12. The Labute approximate surface area is 120 Å². The van der Waals surface area contributed by atoms with Gasteiger partial charge in [0.05, 0.1) is 11.9 Å². The molecule has 0 saturated heterocycles. The van der Waals surface area contributed by atoms with Gasteiger partial charge in [0.2, 0.25) is 5.76 Å². The van der Waals surface area contributed by atoms with Crippen molar-refractivity contribution in [1.82, 2.24) is 10.1 Å². The van der Waals surface area contributed by atoms with Gasteiger partial charge in [-0.1, -0.05) is 42.9 Å². The number of hydrogen-bond acceptors (Lipinski definition) is 5. The van der Waals surface area contributed by atoms with E-state index in [-0.39, 0.29) is 19.1 Å². The van der Waals surface area contributed by atoms with Crippen LogP contribution in [0.4, 0.5) is 5.13 Å². The number of amides is 1. The molecule has 0 radical (unpaired) electrons. The lowest BCUT2D eigenvalue weighted by Gasteiger charge is -1.97. The average Bonchev–Trinajstić information content (AvgIpc) is 3.11. The molecule has 0 bridgehead atoms. The molecule has 0 spiro atoms. The molecule has 0 saturated carbocycles. The number of carbonyl (C=O) groups is 1. The number of hydrogen-bond donors (Lipinski definition) is 1. The van der Waals surface area contributed by atoms with Crippen LogP contribution in [0.2, 0.25) is 0 Å². The van der Waals surface area contributed by atoms with Crippen molar-refractivity contribution in [2.45, 2.75) is 7.43 Å². The summed E-state index contributed by atoms with van der Waals surface area (Å²) in [6.07, 6.45) is 1.42. The molecule has 0 atom stereocenters. The summed E-state index contributed by atoms with van der Waals surface area (Å²) < 4.78 is 4.77. The third-order valence-corrected chi connectivity index (χ3v) is 3.21. The molecule has 1 aromatic carbocycles. The van der Waals surface area contributed by atoms with E-state index in [9.17, 15) is 4.79 Å². The number of thiazole rings is 1. The fraction of sp³-hybridized carbons (Fsp3) is 0.0714. The third kappa shape index (κ3) is 2.92. The van der Waals surface area contributed by atoms with Gasteiger partial charge in [0.1, 0.15) is 0 Å². The Balaban J connectivity index is 0.00000147. The van der Waals surface area contributed by atoms with Gasteiger partial charge >= 0.3 is 0 Å². The molecule has 0 aliphatic carbocycles. The molecule has 0 aliphatic rings. The number of rotatable bonds is 3. The first-order chi connectivity index (χ1) is 9.33. The molecule has 3 rings (SSSR count). The van der Waals surface area contributed by atoms with Crippen molar-refractivity contribution in [3.8, 4) is 11.3 Å². The van der Waals surface area contributed by atoms with Crippen LogP contribution >= 0.6 is 11.3 Å². The van der Waals surface area contributed by atoms with E-state index < -0.39 is 0 Å². The molecular formula is C14H13N3O2S. The van der Waals surface area contributed by atoms with Crippen molar-refractivity contribution >= 4 is 22.4 Å². The summed E-state index contributed by atoms with van der Waals surface area (Å²) in [5.41, 5.74) is 1.84. The van der Waals surface area contributed by atoms with Crippen LogP contribution in [0.5, 0.6) is 0 Å². The third-order valence-electron chi connectivity index (χ3n) is 2.46. The Morgan fingerprint density at radius 3 is 2.70 bits per heavy atom. The molecule has 1 N–H and O–H groups in total. The smallest absolute Gasteiger partial charge is 0.296 e. The van der Waals surface area contributed by atoms with E-state index in [1.165, 1.54) is 23.6 Å².